The zero-order valence-electron chi connectivity index (χ0n) is 14.3. The molecule has 2 N–H and O–H groups in total. The van der Waals surface area contributed by atoms with Crippen LogP contribution in [0.1, 0.15) is 21.0 Å². The topological polar surface area (TPSA) is 87.2 Å². The minimum absolute atomic E-state index is 0.216. The summed E-state index contributed by atoms with van der Waals surface area (Å²) in [6.07, 6.45) is 1.50. The van der Waals surface area contributed by atoms with Crippen molar-refractivity contribution >= 4 is 28.8 Å². The number of benzene rings is 1. The summed E-state index contributed by atoms with van der Waals surface area (Å²) >= 11 is 1.37. The van der Waals surface area contributed by atoms with Gasteiger partial charge in [0.2, 0.25) is 0 Å². The van der Waals surface area contributed by atoms with Gasteiger partial charge in [0, 0.05) is 36.9 Å². The van der Waals surface area contributed by atoms with Crippen LogP contribution in [0.4, 0.5) is 5.69 Å². The molecule has 0 radical (unpaired) electrons. The molecule has 0 atom stereocenters. The largest absolute Gasteiger partial charge is 0.378 e. The molecule has 26 heavy (non-hydrogen) atoms. The Balaban J connectivity index is 1.63. The average Bonchev–Trinajstić information content (AvgIpc) is 3.17. The van der Waals surface area contributed by atoms with Gasteiger partial charge in [0.05, 0.1) is 0 Å². The lowest BCUT2D eigenvalue weighted by molar-refractivity contribution is 0.0841. The van der Waals surface area contributed by atoms with Gasteiger partial charge in [-0.15, -0.1) is 11.3 Å². The van der Waals surface area contributed by atoms with Crippen LogP contribution in [0.5, 0.6) is 0 Å². The van der Waals surface area contributed by atoms with Crippen molar-refractivity contribution in [1.29, 1.82) is 0 Å². The summed E-state index contributed by atoms with van der Waals surface area (Å²) in [5.41, 5.74) is 7.14. The lowest BCUT2D eigenvalue weighted by Crippen LogP contribution is -2.42. The molecule has 2 amide bonds. The van der Waals surface area contributed by atoms with Crippen LogP contribution in [0.2, 0.25) is 0 Å². The molecule has 132 valence electrons. The van der Waals surface area contributed by atoms with E-state index in [9.17, 15) is 9.59 Å². The second kappa shape index (κ2) is 7.75. The number of aromatic nitrogens is 2. The number of carbonyl (C=O) groups is 2. The number of hydrogen-bond donors (Lipinski definition) is 2. The predicted octanol–water partition coefficient (Wildman–Crippen LogP) is 2.35. The van der Waals surface area contributed by atoms with Crippen LogP contribution < -0.4 is 15.8 Å². The molecular weight excluding hydrogens is 350 g/mol. The summed E-state index contributed by atoms with van der Waals surface area (Å²) in [7, 11) is 3.94. The summed E-state index contributed by atoms with van der Waals surface area (Å²) in [5, 5.41) is 2.38. The number of carbonyl (C=O) groups excluding carboxylic acids is 2. The van der Waals surface area contributed by atoms with Crippen LogP contribution in [0.3, 0.4) is 0 Å². The van der Waals surface area contributed by atoms with Crippen molar-refractivity contribution in [2.75, 3.05) is 19.0 Å². The van der Waals surface area contributed by atoms with E-state index in [0.29, 0.717) is 0 Å². The lowest BCUT2D eigenvalue weighted by Gasteiger charge is -2.11. The molecule has 8 heteroatoms. The Labute approximate surface area is 154 Å². The van der Waals surface area contributed by atoms with Crippen molar-refractivity contribution in [1.82, 2.24) is 20.8 Å². The third kappa shape index (κ3) is 4.04. The zero-order valence-corrected chi connectivity index (χ0v) is 15.1. The molecule has 1 aromatic carbocycles. The fourth-order valence-electron chi connectivity index (χ4n) is 2.15. The molecule has 7 nitrogen and oxygen atoms in total. The van der Waals surface area contributed by atoms with Gasteiger partial charge in [-0.25, -0.2) is 4.98 Å². The highest BCUT2D eigenvalue weighted by atomic mass is 32.1. The van der Waals surface area contributed by atoms with Crippen molar-refractivity contribution in [2.24, 2.45) is 0 Å². The third-order valence-corrected chi connectivity index (χ3v) is 4.45. The molecule has 3 rings (SSSR count). The summed E-state index contributed by atoms with van der Waals surface area (Å²) in [4.78, 5) is 34.3. The van der Waals surface area contributed by atoms with E-state index in [1.165, 1.54) is 17.5 Å². The van der Waals surface area contributed by atoms with Crippen molar-refractivity contribution in [3.8, 4) is 10.6 Å². The van der Waals surface area contributed by atoms with Gasteiger partial charge in [-0.2, -0.15) is 0 Å². The van der Waals surface area contributed by atoms with Crippen LogP contribution >= 0.6 is 11.3 Å². The average molecular weight is 367 g/mol. The predicted molar refractivity (Wildman–Crippen MR) is 101 cm³/mol. The maximum Gasteiger partial charge on any atom is 0.289 e. The summed E-state index contributed by atoms with van der Waals surface area (Å²) in [5.74, 6) is -0.977. The van der Waals surface area contributed by atoms with E-state index in [-0.39, 0.29) is 11.4 Å². The first-order valence-electron chi connectivity index (χ1n) is 7.79. The van der Waals surface area contributed by atoms with Crippen LogP contribution in [-0.4, -0.2) is 35.9 Å². The number of hydrazine groups is 1. The Kier molecular flexibility index (Phi) is 5.23. The van der Waals surface area contributed by atoms with Gasteiger partial charge in [-0.1, -0.05) is 6.07 Å². The van der Waals surface area contributed by atoms with Gasteiger partial charge >= 0.3 is 0 Å². The first-order chi connectivity index (χ1) is 12.5. The maximum atomic E-state index is 12.2. The number of hydrogen-bond acceptors (Lipinski definition) is 6. The molecular formula is C18H17N5O2S. The van der Waals surface area contributed by atoms with Crippen molar-refractivity contribution in [3.05, 3.63) is 65.4 Å². The van der Waals surface area contributed by atoms with Gasteiger partial charge in [0.1, 0.15) is 16.4 Å². The summed E-state index contributed by atoms with van der Waals surface area (Å²) in [6, 6.07) is 12.8. The van der Waals surface area contributed by atoms with E-state index in [4.69, 9.17) is 0 Å². The highest BCUT2D eigenvalue weighted by Crippen LogP contribution is 2.25. The van der Waals surface area contributed by atoms with Crippen LogP contribution in [0.15, 0.2) is 54.0 Å². The number of pyridine rings is 1. The van der Waals surface area contributed by atoms with Crippen molar-refractivity contribution < 1.29 is 9.59 Å². The fourth-order valence-corrected chi connectivity index (χ4v) is 2.96. The number of amides is 2. The molecule has 0 spiro atoms. The summed E-state index contributed by atoms with van der Waals surface area (Å²) in [6.45, 7) is 0. The Morgan fingerprint density at radius 1 is 0.962 bits per heavy atom. The first-order valence-corrected chi connectivity index (χ1v) is 8.67. The Morgan fingerprint density at radius 3 is 2.27 bits per heavy atom. The third-order valence-electron chi connectivity index (χ3n) is 3.55. The minimum atomic E-state index is -0.492. The highest BCUT2D eigenvalue weighted by Gasteiger charge is 2.14. The second-order valence-corrected chi connectivity index (χ2v) is 6.46. The highest BCUT2D eigenvalue weighted by molar-refractivity contribution is 7.13. The number of anilines is 1. The molecule has 0 fully saturated rings. The molecule has 0 aliphatic carbocycles. The smallest absolute Gasteiger partial charge is 0.289 e. The van der Waals surface area contributed by atoms with Crippen LogP contribution in [0, 0.1) is 0 Å². The molecule has 2 aromatic heterocycles. The normalized spacial score (nSPS) is 10.2. The Bertz CT molecular complexity index is 907. The quantitative estimate of drug-likeness (QED) is 0.691. The van der Waals surface area contributed by atoms with E-state index in [1.807, 2.05) is 43.3 Å². The number of nitrogens with one attached hydrogen (secondary N) is 2. The van der Waals surface area contributed by atoms with Gasteiger partial charge in [-0.05, 0) is 36.4 Å². The number of nitrogens with zero attached hydrogens (tertiary/aromatic N) is 3. The number of rotatable bonds is 4. The second-order valence-electron chi connectivity index (χ2n) is 5.60. The van der Waals surface area contributed by atoms with Gasteiger partial charge in [-0.3, -0.25) is 25.4 Å². The molecule has 0 saturated heterocycles. The molecule has 0 aliphatic heterocycles. The monoisotopic (exact) mass is 367 g/mol. The van der Waals surface area contributed by atoms with Crippen LogP contribution in [-0.2, 0) is 0 Å². The van der Waals surface area contributed by atoms with E-state index in [0.717, 1.165) is 16.3 Å². The Morgan fingerprint density at radius 2 is 1.65 bits per heavy atom. The van der Waals surface area contributed by atoms with E-state index in [2.05, 4.69) is 20.8 Å². The molecule has 0 saturated carbocycles. The molecule has 0 unspecified atom stereocenters. The van der Waals surface area contributed by atoms with Crippen molar-refractivity contribution in [2.45, 2.75) is 0 Å². The SMILES string of the molecule is CN(C)c1ccc(-c2nc(C(=O)NNC(=O)c3ccccn3)cs2)cc1. The lowest BCUT2D eigenvalue weighted by atomic mass is 10.2. The van der Waals surface area contributed by atoms with Crippen LogP contribution in [0.25, 0.3) is 10.6 Å². The first kappa shape index (κ1) is 17.6. The van der Waals surface area contributed by atoms with Gasteiger partial charge in [0.15, 0.2) is 0 Å². The van der Waals surface area contributed by atoms with E-state index in [1.54, 1.807) is 23.6 Å². The molecule has 0 aliphatic rings. The van der Waals surface area contributed by atoms with Crippen molar-refractivity contribution in [3.63, 3.8) is 0 Å². The minimum Gasteiger partial charge on any atom is -0.378 e. The Hall–Kier alpha value is -3.26. The van der Waals surface area contributed by atoms with E-state index < -0.39 is 11.8 Å². The molecule has 2 heterocycles. The maximum absolute atomic E-state index is 12.2. The molecule has 3 aromatic rings. The zero-order chi connectivity index (χ0) is 18.5. The standard InChI is InChI=1S/C18H17N5O2S/c1-23(2)13-8-6-12(7-9-13)18-20-15(11-26-18)17(25)22-21-16(24)14-5-3-4-10-19-14/h3-11H,1-2H3,(H,21,24)(H,22,25). The number of thiazole rings is 1. The van der Waals surface area contributed by atoms with Gasteiger partial charge in [0.25, 0.3) is 11.8 Å². The van der Waals surface area contributed by atoms with Gasteiger partial charge < -0.3 is 4.90 Å². The fraction of sp³-hybridized carbons (Fsp3) is 0.111. The summed E-state index contributed by atoms with van der Waals surface area (Å²) < 4.78 is 0. The van der Waals surface area contributed by atoms with E-state index >= 15 is 0 Å². The molecule has 0 bridgehead atoms.